The highest BCUT2D eigenvalue weighted by Crippen LogP contribution is 2.27. The summed E-state index contributed by atoms with van der Waals surface area (Å²) in [6.07, 6.45) is 3.45. The zero-order chi connectivity index (χ0) is 11.0. The summed E-state index contributed by atoms with van der Waals surface area (Å²) < 4.78 is 5.29. The van der Waals surface area contributed by atoms with E-state index in [2.05, 4.69) is 10.2 Å². The highest BCUT2D eigenvalue weighted by atomic mass is 16.5. The van der Waals surface area contributed by atoms with Crippen LogP contribution in [0.5, 0.6) is 0 Å². The normalized spacial score (nSPS) is 38.8. The predicted octanol–water partition coefficient (Wildman–Crippen LogP) is 0.233. The summed E-state index contributed by atoms with van der Waals surface area (Å²) in [7, 11) is 0. The van der Waals surface area contributed by atoms with E-state index >= 15 is 0 Å². The van der Waals surface area contributed by atoms with E-state index in [-0.39, 0.29) is 5.92 Å². The van der Waals surface area contributed by atoms with Gasteiger partial charge in [0.2, 0.25) is 5.91 Å². The largest absolute Gasteiger partial charge is 0.381 e. The molecular formula is C12H20N2O2. The lowest BCUT2D eigenvalue weighted by atomic mass is 9.94. The van der Waals surface area contributed by atoms with Crippen LogP contribution < -0.4 is 5.32 Å². The maximum atomic E-state index is 12.2. The minimum atomic E-state index is 0.139. The SMILES string of the molecule is O=C(C1CCOC1)N1C[C@@H]2CCCN[C@@H]2C1. The second-order valence-corrected chi connectivity index (χ2v) is 5.27. The van der Waals surface area contributed by atoms with Crippen molar-refractivity contribution in [1.82, 2.24) is 10.2 Å². The van der Waals surface area contributed by atoms with E-state index in [1.165, 1.54) is 12.8 Å². The summed E-state index contributed by atoms with van der Waals surface area (Å²) in [4.78, 5) is 14.3. The van der Waals surface area contributed by atoms with Gasteiger partial charge in [-0.25, -0.2) is 0 Å². The van der Waals surface area contributed by atoms with Crippen LogP contribution in [0.2, 0.25) is 0 Å². The van der Waals surface area contributed by atoms with Gasteiger partial charge in [-0.15, -0.1) is 0 Å². The fourth-order valence-electron chi connectivity index (χ4n) is 3.21. The predicted molar refractivity (Wildman–Crippen MR) is 60.0 cm³/mol. The van der Waals surface area contributed by atoms with Crippen molar-refractivity contribution in [3.63, 3.8) is 0 Å². The van der Waals surface area contributed by atoms with Gasteiger partial charge < -0.3 is 15.0 Å². The number of nitrogens with zero attached hydrogens (tertiary/aromatic N) is 1. The average molecular weight is 224 g/mol. The van der Waals surface area contributed by atoms with Crippen molar-refractivity contribution < 1.29 is 9.53 Å². The molecule has 3 heterocycles. The molecule has 4 heteroatoms. The Balaban J connectivity index is 1.61. The molecule has 90 valence electrons. The smallest absolute Gasteiger partial charge is 0.228 e. The number of nitrogens with one attached hydrogen (secondary N) is 1. The van der Waals surface area contributed by atoms with Crippen LogP contribution >= 0.6 is 0 Å². The van der Waals surface area contributed by atoms with Gasteiger partial charge in [0.05, 0.1) is 12.5 Å². The molecule has 4 nitrogen and oxygen atoms in total. The van der Waals surface area contributed by atoms with Crippen molar-refractivity contribution in [2.75, 3.05) is 32.8 Å². The lowest BCUT2D eigenvalue weighted by Crippen LogP contribution is -2.41. The monoisotopic (exact) mass is 224 g/mol. The molecule has 3 fully saturated rings. The summed E-state index contributed by atoms with van der Waals surface area (Å²) in [5.74, 6) is 1.16. The van der Waals surface area contributed by atoms with Gasteiger partial charge in [0.25, 0.3) is 0 Å². The van der Waals surface area contributed by atoms with E-state index in [9.17, 15) is 4.79 Å². The molecule has 3 rings (SSSR count). The van der Waals surface area contributed by atoms with Crippen molar-refractivity contribution in [2.24, 2.45) is 11.8 Å². The number of carbonyl (C=O) groups excluding carboxylic acids is 1. The molecule has 1 amide bonds. The molecule has 0 spiro atoms. The van der Waals surface area contributed by atoms with Crippen molar-refractivity contribution >= 4 is 5.91 Å². The van der Waals surface area contributed by atoms with Gasteiger partial charge in [-0.3, -0.25) is 4.79 Å². The number of ether oxygens (including phenoxy) is 1. The summed E-state index contributed by atoms with van der Waals surface area (Å²) in [6, 6.07) is 0.556. The maximum Gasteiger partial charge on any atom is 0.228 e. The van der Waals surface area contributed by atoms with Crippen LogP contribution in [0.4, 0.5) is 0 Å². The van der Waals surface area contributed by atoms with Crippen LogP contribution in [-0.2, 0) is 9.53 Å². The van der Waals surface area contributed by atoms with E-state index in [0.717, 1.165) is 32.7 Å². The Hall–Kier alpha value is -0.610. The Labute approximate surface area is 96.3 Å². The highest BCUT2D eigenvalue weighted by Gasteiger charge is 2.38. The van der Waals surface area contributed by atoms with Crippen LogP contribution in [0.25, 0.3) is 0 Å². The van der Waals surface area contributed by atoms with Crippen molar-refractivity contribution in [3.8, 4) is 0 Å². The Bertz CT molecular complexity index is 262. The number of likely N-dealkylation sites (tertiary alicyclic amines) is 1. The fourth-order valence-corrected chi connectivity index (χ4v) is 3.21. The molecule has 3 atom stereocenters. The van der Waals surface area contributed by atoms with Crippen LogP contribution in [0, 0.1) is 11.8 Å². The first-order chi connectivity index (χ1) is 7.84. The third-order valence-electron chi connectivity index (χ3n) is 4.19. The molecule has 0 bridgehead atoms. The molecule has 0 aromatic rings. The van der Waals surface area contributed by atoms with Crippen LogP contribution in [0.1, 0.15) is 19.3 Å². The van der Waals surface area contributed by atoms with Gasteiger partial charge in [0, 0.05) is 25.7 Å². The summed E-state index contributed by atoms with van der Waals surface area (Å²) in [6.45, 7) is 4.40. The van der Waals surface area contributed by atoms with Gasteiger partial charge in [-0.1, -0.05) is 0 Å². The minimum Gasteiger partial charge on any atom is -0.381 e. The summed E-state index contributed by atoms with van der Waals surface area (Å²) in [5.41, 5.74) is 0. The quantitative estimate of drug-likeness (QED) is 0.693. The van der Waals surface area contributed by atoms with Gasteiger partial charge in [0.1, 0.15) is 0 Å². The number of hydrogen-bond donors (Lipinski definition) is 1. The lowest BCUT2D eigenvalue weighted by Gasteiger charge is -2.24. The molecule has 3 aliphatic rings. The van der Waals surface area contributed by atoms with Crippen LogP contribution in [-0.4, -0.2) is 49.7 Å². The van der Waals surface area contributed by atoms with Gasteiger partial charge in [0.15, 0.2) is 0 Å². The van der Waals surface area contributed by atoms with E-state index < -0.39 is 0 Å². The highest BCUT2D eigenvalue weighted by molar-refractivity contribution is 5.79. The Morgan fingerprint density at radius 1 is 1.31 bits per heavy atom. The third-order valence-corrected chi connectivity index (χ3v) is 4.19. The Morgan fingerprint density at radius 2 is 2.25 bits per heavy atom. The molecule has 16 heavy (non-hydrogen) atoms. The van der Waals surface area contributed by atoms with Crippen molar-refractivity contribution in [1.29, 1.82) is 0 Å². The molecule has 0 saturated carbocycles. The second kappa shape index (κ2) is 4.34. The van der Waals surface area contributed by atoms with E-state index in [1.807, 2.05) is 0 Å². The maximum absolute atomic E-state index is 12.2. The number of hydrogen-bond acceptors (Lipinski definition) is 3. The molecular weight excluding hydrogens is 204 g/mol. The number of amides is 1. The van der Waals surface area contributed by atoms with E-state index in [1.54, 1.807) is 0 Å². The van der Waals surface area contributed by atoms with Crippen LogP contribution in [0.3, 0.4) is 0 Å². The molecule has 0 radical (unpaired) electrons. The zero-order valence-corrected chi connectivity index (χ0v) is 9.65. The topological polar surface area (TPSA) is 41.6 Å². The van der Waals surface area contributed by atoms with Crippen molar-refractivity contribution in [3.05, 3.63) is 0 Å². The number of rotatable bonds is 1. The number of carbonyl (C=O) groups is 1. The standard InChI is InChI=1S/C12H20N2O2/c15-12(10-3-5-16-8-10)14-6-9-2-1-4-13-11(9)7-14/h9-11,13H,1-8H2/t9-,10?,11+/m0/s1. The third kappa shape index (κ3) is 1.84. The minimum absolute atomic E-state index is 0.139. The summed E-state index contributed by atoms with van der Waals surface area (Å²) in [5, 5.41) is 3.53. The van der Waals surface area contributed by atoms with Crippen LogP contribution in [0.15, 0.2) is 0 Å². The zero-order valence-electron chi connectivity index (χ0n) is 9.65. The first kappa shape index (κ1) is 10.5. The molecule has 0 aromatic heterocycles. The molecule has 0 aliphatic carbocycles. The van der Waals surface area contributed by atoms with Gasteiger partial charge in [-0.05, 0) is 31.7 Å². The molecule has 0 aromatic carbocycles. The van der Waals surface area contributed by atoms with E-state index in [0.29, 0.717) is 24.5 Å². The molecule has 1 unspecified atom stereocenters. The number of fused-ring (bicyclic) bond motifs is 1. The first-order valence-electron chi connectivity index (χ1n) is 6.44. The molecule has 1 N–H and O–H groups in total. The molecule has 3 saturated heterocycles. The first-order valence-corrected chi connectivity index (χ1v) is 6.44. The average Bonchev–Trinajstić information content (AvgIpc) is 2.97. The second-order valence-electron chi connectivity index (χ2n) is 5.27. The fraction of sp³-hybridized carbons (Fsp3) is 0.917. The Kier molecular flexibility index (Phi) is 2.86. The number of piperidine rings is 1. The van der Waals surface area contributed by atoms with E-state index in [4.69, 9.17) is 4.74 Å². The van der Waals surface area contributed by atoms with Gasteiger partial charge >= 0.3 is 0 Å². The Morgan fingerprint density at radius 3 is 3.00 bits per heavy atom. The summed E-state index contributed by atoms with van der Waals surface area (Å²) >= 11 is 0. The molecule has 3 aliphatic heterocycles. The van der Waals surface area contributed by atoms with Crippen molar-refractivity contribution in [2.45, 2.75) is 25.3 Å². The van der Waals surface area contributed by atoms with Gasteiger partial charge in [-0.2, -0.15) is 0 Å². The lowest BCUT2D eigenvalue weighted by molar-refractivity contribution is -0.134.